The molecule has 4 rings (SSSR count). The van der Waals surface area contributed by atoms with Crippen LogP contribution >= 0.6 is 7.37 Å². The molecule has 1 saturated carbocycles. The van der Waals surface area contributed by atoms with E-state index in [-0.39, 0.29) is 12.1 Å². The van der Waals surface area contributed by atoms with Crippen molar-refractivity contribution >= 4 is 7.37 Å². The molecule has 0 amide bonds. The number of hydrogen-bond acceptors (Lipinski definition) is 5. The molecular weight excluding hydrogens is 492 g/mol. The zero-order valence-corrected chi connectivity index (χ0v) is 22.5. The maximum Gasteiger partial charge on any atom is 0.220 e. The van der Waals surface area contributed by atoms with Gasteiger partial charge in [0.05, 0.1) is 26.0 Å². The Labute approximate surface area is 217 Å². The van der Waals surface area contributed by atoms with Crippen LogP contribution in [0.3, 0.4) is 0 Å². The highest BCUT2D eigenvalue weighted by molar-refractivity contribution is 7.57. The molecule has 0 saturated heterocycles. The Kier molecular flexibility index (Phi) is 8.68. The van der Waals surface area contributed by atoms with Gasteiger partial charge in [0.15, 0.2) is 0 Å². The molecule has 198 valence electrons. The minimum Gasteiger partial charge on any atom is -0.497 e. The fraction of sp³-hybridized carbons (Fsp3) is 0.414. The second-order valence-corrected chi connectivity index (χ2v) is 12.6. The number of benzene rings is 2. The maximum atomic E-state index is 14.7. The lowest BCUT2D eigenvalue weighted by Gasteiger charge is -2.30. The van der Waals surface area contributed by atoms with E-state index in [4.69, 9.17) is 9.47 Å². The molecule has 6 nitrogen and oxygen atoms in total. The van der Waals surface area contributed by atoms with Gasteiger partial charge in [0, 0.05) is 17.9 Å². The molecule has 8 heteroatoms. The van der Waals surface area contributed by atoms with Gasteiger partial charge in [0.25, 0.3) is 0 Å². The monoisotopic (exact) mass is 527 g/mol. The smallest absolute Gasteiger partial charge is 0.220 e. The molecule has 37 heavy (non-hydrogen) atoms. The lowest BCUT2D eigenvalue weighted by atomic mass is 9.77. The molecule has 1 heterocycles. The molecule has 0 radical (unpaired) electrons. The highest BCUT2D eigenvalue weighted by Gasteiger charge is 2.26. The third-order valence-corrected chi connectivity index (χ3v) is 8.09. The van der Waals surface area contributed by atoms with Crippen LogP contribution in [0.25, 0.3) is 11.1 Å². The molecule has 2 N–H and O–H groups in total. The van der Waals surface area contributed by atoms with E-state index in [1.807, 2.05) is 30.3 Å². The first-order valence-corrected chi connectivity index (χ1v) is 14.9. The number of aromatic nitrogens is 1. The minimum atomic E-state index is -3.33. The van der Waals surface area contributed by atoms with Crippen LogP contribution in [0, 0.1) is 18.8 Å². The Morgan fingerprint density at radius 2 is 1.78 bits per heavy atom. The van der Waals surface area contributed by atoms with Crippen LogP contribution in [-0.2, 0) is 4.57 Å². The minimum absolute atomic E-state index is 0.185. The largest absolute Gasteiger partial charge is 0.497 e. The summed E-state index contributed by atoms with van der Waals surface area (Å²) >= 11 is 0. The van der Waals surface area contributed by atoms with Gasteiger partial charge in [-0.15, -0.1) is 0 Å². The van der Waals surface area contributed by atoms with Crippen LogP contribution in [0.4, 0.5) is 4.39 Å². The van der Waals surface area contributed by atoms with Gasteiger partial charge >= 0.3 is 0 Å². The number of pyridine rings is 1. The summed E-state index contributed by atoms with van der Waals surface area (Å²) in [6.07, 6.45) is 2.66. The van der Waals surface area contributed by atoms with Crippen molar-refractivity contribution in [3.8, 4) is 22.6 Å². The molecule has 3 aromatic rings. The van der Waals surface area contributed by atoms with E-state index in [2.05, 4.69) is 4.98 Å². The number of aliphatic hydroxyl groups excluding tert-OH is 1. The van der Waals surface area contributed by atoms with Crippen molar-refractivity contribution in [1.82, 2.24) is 4.98 Å². The summed E-state index contributed by atoms with van der Waals surface area (Å²) in [5.74, 6) is 1.60. The quantitative estimate of drug-likeness (QED) is 0.244. The van der Waals surface area contributed by atoms with Crippen molar-refractivity contribution in [2.24, 2.45) is 5.92 Å². The third kappa shape index (κ3) is 7.19. The lowest BCUT2D eigenvalue weighted by molar-refractivity contribution is 0.192. The van der Waals surface area contributed by atoms with Gasteiger partial charge in [0.1, 0.15) is 11.5 Å². The van der Waals surface area contributed by atoms with E-state index in [9.17, 15) is 19.0 Å². The van der Waals surface area contributed by atoms with Crippen molar-refractivity contribution in [1.29, 1.82) is 0 Å². The molecule has 2 aromatic carbocycles. The number of aliphatic hydroxyl groups is 1. The first-order valence-electron chi connectivity index (χ1n) is 12.6. The summed E-state index contributed by atoms with van der Waals surface area (Å²) in [5.41, 5.74) is 3.68. The fourth-order valence-corrected chi connectivity index (χ4v) is 5.92. The van der Waals surface area contributed by atoms with Gasteiger partial charge in [-0.25, -0.2) is 4.98 Å². The second-order valence-electron chi connectivity index (χ2n) is 10.1. The van der Waals surface area contributed by atoms with Gasteiger partial charge in [-0.1, -0.05) is 18.2 Å². The Balaban J connectivity index is 1.41. The molecule has 0 aliphatic heterocycles. The van der Waals surface area contributed by atoms with Crippen molar-refractivity contribution in [3.05, 3.63) is 77.4 Å². The highest BCUT2D eigenvalue weighted by atomic mass is 31.2. The van der Waals surface area contributed by atoms with E-state index in [0.717, 1.165) is 42.6 Å². The summed E-state index contributed by atoms with van der Waals surface area (Å²) in [7, 11) is -1.69. The number of halogens is 1. The SMILES string of the molecule is COc1ccc(-c2ccc(C)nc2F)c(C2CCC(COc3cccc([C@H](O)CP(C)(=O)O)c3)CC2)c1. The van der Waals surface area contributed by atoms with E-state index in [0.29, 0.717) is 35.1 Å². The molecule has 1 unspecified atom stereocenters. The zero-order chi connectivity index (χ0) is 26.6. The summed E-state index contributed by atoms with van der Waals surface area (Å²) in [6, 6.07) is 16.5. The zero-order valence-electron chi connectivity index (χ0n) is 21.6. The number of aryl methyl sites for hydroxylation is 1. The third-order valence-electron chi connectivity index (χ3n) is 7.06. The summed E-state index contributed by atoms with van der Waals surface area (Å²) in [4.78, 5) is 13.6. The van der Waals surface area contributed by atoms with Crippen LogP contribution in [0.15, 0.2) is 54.6 Å². The van der Waals surface area contributed by atoms with Gasteiger partial charge in [0.2, 0.25) is 13.3 Å². The lowest BCUT2D eigenvalue weighted by Crippen LogP contribution is -2.20. The number of nitrogens with zero attached hydrogens (tertiary/aromatic N) is 1. The van der Waals surface area contributed by atoms with Gasteiger partial charge in [-0.3, -0.25) is 4.57 Å². The van der Waals surface area contributed by atoms with Gasteiger partial charge in [-0.05, 0) is 97.5 Å². The van der Waals surface area contributed by atoms with Crippen molar-refractivity contribution in [2.45, 2.75) is 44.6 Å². The molecule has 2 atom stereocenters. The first kappa shape index (κ1) is 27.3. The second kappa shape index (κ2) is 11.8. The fourth-order valence-electron chi connectivity index (χ4n) is 5.07. The Morgan fingerprint density at radius 3 is 2.46 bits per heavy atom. The highest BCUT2D eigenvalue weighted by Crippen LogP contribution is 2.42. The first-order chi connectivity index (χ1) is 17.6. The van der Waals surface area contributed by atoms with Gasteiger partial charge in [-0.2, -0.15) is 4.39 Å². The van der Waals surface area contributed by atoms with E-state index < -0.39 is 19.4 Å². The van der Waals surface area contributed by atoms with Gasteiger partial charge < -0.3 is 19.5 Å². The van der Waals surface area contributed by atoms with Crippen LogP contribution in [0.5, 0.6) is 11.5 Å². The Morgan fingerprint density at radius 1 is 1.05 bits per heavy atom. The molecule has 1 aliphatic carbocycles. The van der Waals surface area contributed by atoms with Crippen molar-refractivity contribution in [2.75, 3.05) is 26.5 Å². The normalized spacial score (nSPS) is 20.2. The summed E-state index contributed by atoms with van der Waals surface area (Å²) in [5, 5.41) is 10.3. The number of methoxy groups -OCH3 is 1. The average Bonchev–Trinajstić information content (AvgIpc) is 2.87. The predicted octanol–water partition coefficient (Wildman–Crippen LogP) is 6.49. The summed E-state index contributed by atoms with van der Waals surface area (Å²) in [6.45, 7) is 3.58. The number of rotatable bonds is 9. The van der Waals surface area contributed by atoms with E-state index in [1.165, 1.54) is 6.66 Å². The molecule has 1 aromatic heterocycles. The standard InChI is InChI=1S/C29H35FNO5P/c1-19-7-13-26(29(30)31-19)25-14-12-23(35-2)16-27(25)21-10-8-20(9-11-21)17-36-24-6-4-5-22(15-24)28(32)18-37(3,33)34/h4-7,12-16,20-21,28,32H,8-11,17-18H2,1-3H3,(H,33,34)/t20?,21?,28-/m1/s1. The average molecular weight is 528 g/mol. The Bertz CT molecular complexity index is 1270. The van der Waals surface area contributed by atoms with Crippen LogP contribution in [-0.4, -0.2) is 41.5 Å². The Hall–Kier alpha value is -2.73. The molecule has 1 aliphatic rings. The van der Waals surface area contributed by atoms with Crippen molar-refractivity contribution in [3.63, 3.8) is 0 Å². The number of ether oxygens (including phenoxy) is 2. The molecule has 1 fully saturated rings. The number of hydrogen-bond donors (Lipinski definition) is 2. The van der Waals surface area contributed by atoms with E-state index in [1.54, 1.807) is 38.3 Å². The van der Waals surface area contributed by atoms with E-state index >= 15 is 0 Å². The molecular formula is C29H35FNO5P. The van der Waals surface area contributed by atoms with Crippen LogP contribution in [0.2, 0.25) is 0 Å². The maximum absolute atomic E-state index is 14.7. The molecule has 0 bridgehead atoms. The molecule has 0 spiro atoms. The predicted molar refractivity (Wildman–Crippen MR) is 143 cm³/mol. The van der Waals surface area contributed by atoms with Crippen LogP contribution < -0.4 is 9.47 Å². The summed E-state index contributed by atoms with van der Waals surface area (Å²) < 4.78 is 37.9. The topological polar surface area (TPSA) is 88.9 Å². The van der Waals surface area contributed by atoms with Crippen molar-refractivity contribution < 1.29 is 28.4 Å². The van der Waals surface area contributed by atoms with Crippen LogP contribution in [0.1, 0.15) is 54.5 Å².